The number of aryl methyl sites for hydroxylation is 1. The molecule has 8 heteroatoms. The van der Waals surface area contributed by atoms with E-state index >= 15 is 0 Å². The minimum Gasteiger partial charge on any atom is -0.471 e. The average molecular weight is 354 g/mol. The van der Waals surface area contributed by atoms with Crippen LogP contribution in [0.1, 0.15) is 19.4 Å². The lowest BCUT2D eigenvalue weighted by atomic mass is 10.2. The number of nitriles is 1. The Bertz CT molecular complexity index is 602. The third-order valence-electron chi connectivity index (χ3n) is 2.64. The summed E-state index contributed by atoms with van der Waals surface area (Å²) in [6.45, 7) is 5.93. The number of thiocarbonyl (C=S) groups is 1. The first-order valence-electron chi connectivity index (χ1n) is 7.02. The SMILES string of the molecule is CC.Cc1ccc(NC(=O)OCC2CSC(=S)O2)cc1OC#N. The number of hydrogen-bond donors (Lipinski definition) is 1. The van der Waals surface area contributed by atoms with Gasteiger partial charge in [0.1, 0.15) is 18.5 Å². The van der Waals surface area contributed by atoms with Crippen molar-refractivity contribution in [2.24, 2.45) is 0 Å². The molecule has 1 amide bonds. The van der Waals surface area contributed by atoms with Gasteiger partial charge in [-0.3, -0.25) is 5.32 Å². The van der Waals surface area contributed by atoms with Gasteiger partial charge in [-0.05, 0) is 30.8 Å². The van der Waals surface area contributed by atoms with Crippen molar-refractivity contribution in [2.75, 3.05) is 17.7 Å². The fourth-order valence-corrected chi connectivity index (χ4v) is 2.64. The van der Waals surface area contributed by atoms with Crippen LogP contribution in [0.3, 0.4) is 0 Å². The number of amides is 1. The van der Waals surface area contributed by atoms with E-state index in [2.05, 4.69) is 5.32 Å². The smallest absolute Gasteiger partial charge is 0.411 e. The Kier molecular flexibility index (Phi) is 8.22. The van der Waals surface area contributed by atoms with Crippen LogP contribution in [0.15, 0.2) is 18.2 Å². The predicted octanol–water partition coefficient (Wildman–Crippen LogP) is 3.85. The zero-order chi connectivity index (χ0) is 17.2. The molecule has 1 unspecified atom stereocenters. The third-order valence-corrected chi connectivity index (χ3v) is 3.96. The number of rotatable bonds is 4. The molecule has 1 aliphatic heterocycles. The Hall–Kier alpha value is -1.98. The van der Waals surface area contributed by atoms with Gasteiger partial charge in [-0.25, -0.2) is 4.79 Å². The lowest BCUT2D eigenvalue weighted by molar-refractivity contribution is 0.103. The molecule has 0 saturated carbocycles. The summed E-state index contributed by atoms with van der Waals surface area (Å²) in [7, 11) is 0. The summed E-state index contributed by atoms with van der Waals surface area (Å²) in [6.07, 6.45) is 0.788. The van der Waals surface area contributed by atoms with E-state index in [1.165, 1.54) is 11.8 Å². The Morgan fingerprint density at radius 2 is 2.30 bits per heavy atom. The molecule has 0 spiro atoms. The second-order valence-corrected chi connectivity index (χ2v) is 5.82. The number of ether oxygens (including phenoxy) is 3. The van der Waals surface area contributed by atoms with E-state index in [-0.39, 0.29) is 12.7 Å². The summed E-state index contributed by atoms with van der Waals surface area (Å²) in [5.74, 6) is 1.06. The molecule has 0 bridgehead atoms. The van der Waals surface area contributed by atoms with E-state index in [1.807, 2.05) is 13.8 Å². The van der Waals surface area contributed by atoms with Gasteiger partial charge in [0.05, 0.1) is 0 Å². The summed E-state index contributed by atoms with van der Waals surface area (Å²) < 4.78 is 15.6. The molecule has 0 radical (unpaired) electrons. The zero-order valence-corrected chi connectivity index (χ0v) is 14.8. The molecule has 1 N–H and O–H groups in total. The van der Waals surface area contributed by atoms with Crippen LogP contribution in [-0.2, 0) is 9.47 Å². The van der Waals surface area contributed by atoms with Crippen LogP contribution in [0.25, 0.3) is 0 Å². The summed E-state index contributed by atoms with van der Waals surface area (Å²) in [5.41, 5.74) is 1.27. The molecule has 124 valence electrons. The Morgan fingerprint density at radius 1 is 1.57 bits per heavy atom. The Balaban J connectivity index is 0.00000127. The normalized spacial score (nSPS) is 15.6. The number of carbonyl (C=O) groups is 1. The standard InChI is InChI=1S/C13H12N2O4S2.C2H6/c1-8-2-3-9(4-11(8)18-7-14)15-12(16)17-5-10-6-21-13(20)19-10;1-2/h2-4,10H,5-6H2,1H3,(H,15,16);1-2H3. The van der Waals surface area contributed by atoms with Crippen LogP contribution in [0.4, 0.5) is 10.5 Å². The molecule has 0 aliphatic carbocycles. The van der Waals surface area contributed by atoms with Gasteiger partial charge in [-0.15, -0.1) is 5.26 Å². The molecular weight excluding hydrogens is 336 g/mol. The first-order valence-corrected chi connectivity index (χ1v) is 8.41. The number of thioether (sulfide) groups is 1. The molecule has 23 heavy (non-hydrogen) atoms. The maximum absolute atomic E-state index is 11.7. The minimum absolute atomic E-state index is 0.131. The van der Waals surface area contributed by atoms with Gasteiger partial charge in [-0.2, -0.15) is 0 Å². The van der Waals surface area contributed by atoms with Gasteiger partial charge in [0.25, 0.3) is 6.26 Å². The summed E-state index contributed by atoms with van der Waals surface area (Å²) in [5, 5.41) is 11.1. The molecule has 0 aromatic heterocycles. The van der Waals surface area contributed by atoms with Gasteiger partial charge >= 0.3 is 6.09 Å². The second kappa shape index (κ2) is 9.92. The van der Waals surface area contributed by atoms with Crippen LogP contribution in [0.5, 0.6) is 5.75 Å². The quantitative estimate of drug-likeness (QED) is 0.650. The number of anilines is 1. The van der Waals surface area contributed by atoms with Crippen molar-refractivity contribution in [3.05, 3.63) is 23.8 Å². The van der Waals surface area contributed by atoms with Crippen molar-refractivity contribution >= 4 is 40.1 Å². The second-order valence-electron chi connectivity index (χ2n) is 4.20. The number of benzene rings is 1. The fraction of sp³-hybridized carbons (Fsp3) is 0.400. The Labute approximate surface area is 145 Å². The third kappa shape index (κ3) is 6.34. The van der Waals surface area contributed by atoms with Gasteiger partial charge in [0.2, 0.25) is 4.38 Å². The molecule has 1 aliphatic rings. The van der Waals surface area contributed by atoms with Crippen LogP contribution < -0.4 is 10.1 Å². The molecule has 1 atom stereocenters. The summed E-state index contributed by atoms with van der Waals surface area (Å²) >= 11 is 6.30. The fourth-order valence-electron chi connectivity index (χ4n) is 1.61. The van der Waals surface area contributed by atoms with Crippen molar-refractivity contribution in [3.8, 4) is 12.0 Å². The Morgan fingerprint density at radius 3 is 2.91 bits per heavy atom. The van der Waals surface area contributed by atoms with E-state index in [0.29, 0.717) is 21.6 Å². The number of carbonyl (C=O) groups excluding carboxylic acids is 1. The molecule has 1 aromatic rings. The summed E-state index contributed by atoms with van der Waals surface area (Å²) in [4.78, 5) is 11.7. The highest BCUT2D eigenvalue weighted by molar-refractivity contribution is 8.22. The lowest BCUT2D eigenvalue weighted by Gasteiger charge is -2.11. The van der Waals surface area contributed by atoms with Gasteiger partial charge < -0.3 is 14.2 Å². The highest BCUT2D eigenvalue weighted by Gasteiger charge is 2.22. The van der Waals surface area contributed by atoms with E-state index in [4.69, 9.17) is 31.7 Å². The van der Waals surface area contributed by atoms with Gasteiger partial charge in [-0.1, -0.05) is 31.7 Å². The molecule has 2 rings (SSSR count). The van der Waals surface area contributed by atoms with Crippen molar-refractivity contribution in [1.29, 1.82) is 5.26 Å². The van der Waals surface area contributed by atoms with E-state index in [0.717, 1.165) is 5.56 Å². The molecule has 1 fully saturated rings. The maximum atomic E-state index is 11.7. The number of nitrogens with zero attached hydrogens (tertiary/aromatic N) is 1. The van der Waals surface area contributed by atoms with Crippen molar-refractivity contribution in [3.63, 3.8) is 0 Å². The average Bonchev–Trinajstić information content (AvgIpc) is 2.96. The molecule has 1 saturated heterocycles. The van der Waals surface area contributed by atoms with Crippen LogP contribution in [-0.4, -0.2) is 28.9 Å². The van der Waals surface area contributed by atoms with E-state index < -0.39 is 6.09 Å². The molecule has 6 nitrogen and oxygen atoms in total. The molecular formula is C15H18N2O4S2. The highest BCUT2D eigenvalue weighted by Crippen LogP contribution is 2.23. The highest BCUT2D eigenvalue weighted by atomic mass is 32.2. The monoisotopic (exact) mass is 354 g/mol. The van der Waals surface area contributed by atoms with Crippen LogP contribution in [0.2, 0.25) is 0 Å². The first-order chi connectivity index (χ1) is 11.1. The maximum Gasteiger partial charge on any atom is 0.411 e. The van der Waals surface area contributed by atoms with Crippen molar-refractivity contribution < 1.29 is 19.0 Å². The summed E-state index contributed by atoms with van der Waals surface area (Å²) in [6, 6.07) is 4.98. The lowest BCUT2D eigenvalue weighted by Crippen LogP contribution is -2.23. The topological polar surface area (TPSA) is 80.6 Å². The van der Waals surface area contributed by atoms with Crippen LogP contribution in [0, 0.1) is 18.4 Å². The first kappa shape index (κ1) is 19.1. The zero-order valence-electron chi connectivity index (χ0n) is 13.1. The minimum atomic E-state index is -0.604. The predicted molar refractivity (Wildman–Crippen MR) is 93.7 cm³/mol. The largest absolute Gasteiger partial charge is 0.471 e. The van der Waals surface area contributed by atoms with Crippen molar-refractivity contribution in [2.45, 2.75) is 26.9 Å². The van der Waals surface area contributed by atoms with Crippen molar-refractivity contribution in [1.82, 2.24) is 0 Å². The molecule has 1 heterocycles. The van der Waals surface area contributed by atoms with Gasteiger partial charge in [0.15, 0.2) is 0 Å². The van der Waals surface area contributed by atoms with Gasteiger partial charge in [0, 0.05) is 17.5 Å². The molecule has 1 aromatic carbocycles. The number of nitrogens with one attached hydrogen (secondary N) is 1. The van der Waals surface area contributed by atoms with E-state index in [1.54, 1.807) is 31.4 Å². The number of hydrogen-bond acceptors (Lipinski definition) is 7. The van der Waals surface area contributed by atoms with Crippen LogP contribution >= 0.6 is 24.0 Å². The van der Waals surface area contributed by atoms with E-state index in [9.17, 15) is 4.79 Å².